The Hall–Kier alpha value is -2.80. The van der Waals surface area contributed by atoms with E-state index in [1.807, 2.05) is 6.07 Å². The molecule has 0 unspecified atom stereocenters. The molecule has 1 N–H and O–H groups in total. The normalized spacial score (nSPS) is 10.6. The van der Waals surface area contributed by atoms with E-state index in [1.165, 1.54) is 18.2 Å². The molecular weight excluding hydrogens is 335 g/mol. The van der Waals surface area contributed by atoms with E-state index < -0.39 is 5.82 Å². The number of carbonyl (C=O) groups excluding carboxylic acids is 1. The fourth-order valence-electron chi connectivity index (χ4n) is 1.99. The summed E-state index contributed by atoms with van der Waals surface area (Å²) in [6, 6.07) is 7.56. The standard InChI is InChI=1S/C16H12ClFN4O2/c17-12-8-11(3-4-13(12)18)20-14(23)5-6-15-21-16(22-24-15)10-2-1-7-19-9-10/h1-4,7-9H,5-6H2,(H,20,23). The summed E-state index contributed by atoms with van der Waals surface area (Å²) in [6.07, 6.45) is 3.70. The minimum atomic E-state index is -0.538. The van der Waals surface area contributed by atoms with Crippen LogP contribution in [0.1, 0.15) is 12.3 Å². The molecule has 0 spiro atoms. The highest BCUT2D eigenvalue weighted by Gasteiger charge is 2.11. The summed E-state index contributed by atoms with van der Waals surface area (Å²) < 4.78 is 18.2. The van der Waals surface area contributed by atoms with Gasteiger partial charge in [-0.15, -0.1) is 0 Å². The Bertz CT molecular complexity index is 854. The number of halogens is 2. The van der Waals surface area contributed by atoms with Crippen LogP contribution in [0, 0.1) is 5.82 Å². The van der Waals surface area contributed by atoms with Gasteiger partial charge in [-0.1, -0.05) is 16.8 Å². The van der Waals surface area contributed by atoms with Crippen molar-refractivity contribution in [3.8, 4) is 11.4 Å². The molecule has 3 aromatic rings. The highest BCUT2D eigenvalue weighted by atomic mass is 35.5. The predicted octanol–water partition coefficient (Wildman–Crippen LogP) is 3.50. The van der Waals surface area contributed by atoms with Gasteiger partial charge in [0.05, 0.1) is 5.02 Å². The van der Waals surface area contributed by atoms with Crippen molar-refractivity contribution in [1.29, 1.82) is 0 Å². The topological polar surface area (TPSA) is 80.9 Å². The zero-order valence-corrected chi connectivity index (χ0v) is 13.1. The predicted molar refractivity (Wildman–Crippen MR) is 85.9 cm³/mol. The molecule has 0 bridgehead atoms. The first-order valence-electron chi connectivity index (χ1n) is 7.10. The number of carbonyl (C=O) groups is 1. The van der Waals surface area contributed by atoms with E-state index in [9.17, 15) is 9.18 Å². The molecule has 0 aliphatic carbocycles. The lowest BCUT2D eigenvalue weighted by Crippen LogP contribution is -2.12. The first-order valence-corrected chi connectivity index (χ1v) is 7.47. The van der Waals surface area contributed by atoms with Crippen LogP contribution in [-0.2, 0) is 11.2 Å². The van der Waals surface area contributed by atoms with Crippen LogP contribution in [0.25, 0.3) is 11.4 Å². The lowest BCUT2D eigenvalue weighted by Gasteiger charge is -2.04. The first kappa shape index (κ1) is 16.1. The number of aromatic nitrogens is 3. The van der Waals surface area contributed by atoms with Crippen LogP contribution in [0.3, 0.4) is 0 Å². The molecule has 6 nitrogen and oxygen atoms in total. The van der Waals surface area contributed by atoms with Crippen LogP contribution in [0.15, 0.2) is 47.2 Å². The van der Waals surface area contributed by atoms with Crippen molar-refractivity contribution in [2.24, 2.45) is 0 Å². The first-order chi connectivity index (χ1) is 11.6. The molecule has 3 rings (SSSR count). The van der Waals surface area contributed by atoms with E-state index >= 15 is 0 Å². The second-order valence-corrected chi connectivity index (χ2v) is 5.34. The average molecular weight is 347 g/mol. The lowest BCUT2D eigenvalue weighted by molar-refractivity contribution is -0.116. The fraction of sp³-hybridized carbons (Fsp3) is 0.125. The molecule has 0 fully saturated rings. The van der Waals surface area contributed by atoms with Gasteiger partial charge in [0, 0.05) is 36.5 Å². The monoisotopic (exact) mass is 346 g/mol. The number of amides is 1. The molecule has 0 aliphatic heterocycles. The number of nitrogens with zero attached hydrogens (tertiary/aromatic N) is 3. The molecule has 0 atom stereocenters. The third kappa shape index (κ3) is 3.94. The number of rotatable bonds is 5. The number of anilines is 1. The maximum atomic E-state index is 13.1. The van der Waals surface area contributed by atoms with E-state index in [4.69, 9.17) is 16.1 Å². The zero-order valence-electron chi connectivity index (χ0n) is 12.4. The van der Waals surface area contributed by atoms with E-state index in [0.717, 1.165) is 5.56 Å². The maximum absolute atomic E-state index is 13.1. The van der Waals surface area contributed by atoms with Gasteiger partial charge in [0.1, 0.15) is 5.82 Å². The number of hydrogen-bond donors (Lipinski definition) is 1. The SMILES string of the molecule is O=C(CCc1nc(-c2cccnc2)no1)Nc1ccc(F)c(Cl)c1. The van der Waals surface area contributed by atoms with E-state index in [1.54, 1.807) is 18.5 Å². The third-order valence-corrected chi connectivity index (χ3v) is 3.45. The smallest absolute Gasteiger partial charge is 0.227 e. The van der Waals surface area contributed by atoms with Crippen LogP contribution >= 0.6 is 11.6 Å². The van der Waals surface area contributed by atoms with Crippen molar-refractivity contribution in [2.75, 3.05) is 5.32 Å². The van der Waals surface area contributed by atoms with Gasteiger partial charge >= 0.3 is 0 Å². The Morgan fingerprint density at radius 3 is 2.96 bits per heavy atom. The maximum Gasteiger partial charge on any atom is 0.227 e. The summed E-state index contributed by atoms with van der Waals surface area (Å²) in [4.78, 5) is 20.1. The molecule has 2 heterocycles. The van der Waals surface area contributed by atoms with E-state index in [0.29, 0.717) is 17.4 Å². The molecular formula is C16H12ClFN4O2. The lowest BCUT2D eigenvalue weighted by atomic mass is 10.2. The van der Waals surface area contributed by atoms with Crippen molar-refractivity contribution in [3.63, 3.8) is 0 Å². The quantitative estimate of drug-likeness (QED) is 0.764. The van der Waals surface area contributed by atoms with Crippen molar-refractivity contribution in [3.05, 3.63) is 59.5 Å². The van der Waals surface area contributed by atoms with Crippen molar-refractivity contribution >= 4 is 23.2 Å². The van der Waals surface area contributed by atoms with Gasteiger partial charge < -0.3 is 9.84 Å². The molecule has 1 amide bonds. The van der Waals surface area contributed by atoms with Crippen molar-refractivity contribution < 1.29 is 13.7 Å². The van der Waals surface area contributed by atoms with Gasteiger partial charge in [0.15, 0.2) is 0 Å². The molecule has 2 aromatic heterocycles. The van der Waals surface area contributed by atoms with Gasteiger partial charge in [-0.2, -0.15) is 4.98 Å². The third-order valence-electron chi connectivity index (χ3n) is 3.16. The molecule has 24 heavy (non-hydrogen) atoms. The van der Waals surface area contributed by atoms with Gasteiger partial charge in [0.25, 0.3) is 0 Å². The van der Waals surface area contributed by atoms with Crippen LogP contribution in [0.5, 0.6) is 0 Å². The molecule has 8 heteroatoms. The van der Waals surface area contributed by atoms with Gasteiger partial charge in [0.2, 0.25) is 17.6 Å². The summed E-state index contributed by atoms with van der Waals surface area (Å²) in [5.41, 5.74) is 1.16. The van der Waals surface area contributed by atoms with Crippen molar-refractivity contribution in [2.45, 2.75) is 12.8 Å². The highest BCUT2D eigenvalue weighted by molar-refractivity contribution is 6.31. The number of hydrogen-bond acceptors (Lipinski definition) is 5. The molecule has 0 radical (unpaired) electrons. The number of benzene rings is 1. The molecule has 0 saturated heterocycles. The Balaban J connectivity index is 1.56. The summed E-state index contributed by atoms with van der Waals surface area (Å²) in [5, 5.41) is 6.43. The van der Waals surface area contributed by atoms with Crippen molar-refractivity contribution in [1.82, 2.24) is 15.1 Å². The van der Waals surface area contributed by atoms with Crippen LogP contribution in [0.4, 0.5) is 10.1 Å². The van der Waals surface area contributed by atoms with Gasteiger partial charge in [-0.3, -0.25) is 9.78 Å². The summed E-state index contributed by atoms with van der Waals surface area (Å²) in [5.74, 6) is -0.0350. The minimum absolute atomic E-state index is 0.0502. The summed E-state index contributed by atoms with van der Waals surface area (Å²) in [6.45, 7) is 0. The Morgan fingerprint density at radius 1 is 1.33 bits per heavy atom. The summed E-state index contributed by atoms with van der Waals surface area (Å²) >= 11 is 5.67. The second-order valence-electron chi connectivity index (χ2n) is 4.93. The van der Waals surface area contributed by atoms with Crippen LogP contribution < -0.4 is 5.32 Å². The second kappa shape index (κ2) is 7.18. The van der Waals surface area contributed by atoms with Gasteiger partial charge in [-0.25, -0.2) is 4.39 Å². The Labute approximate surface area is 141 Å². The van der Waals surface area contributed by atoms with E-state index in [-0.39, 0.29) is 23.8 Å². The number of aryl methyl sites for hydroxylation is 1. The molecule has 1 aromatic carbocycles. The largest absolute Gasteiger partial charge is 0.339 e. The van der Waals surface area contributed by atoms with Crippen LogP contribution in [-0.4, -0.2) is 21.0 Å². The molecule has 0 saturated carbocycles. The summed E-state index contributed by atoms with van der Waals surface area (Å²) in [7, 11) is 0. The minimum Gasteiger partial charge on any atom is -0.339 e. The molecule has 122 valence electrons. The average Bonchev–Trinajstić information content (AvgIpc) is 3.06. The number of nitrogens with one attached hydrogen (secondary N) is 1. The van der Waals surface area contributed by atoms with Gasteiger partial charge in [-0.05, 0) is 30.3 Å². The van der Waals surface area contributed by atoms with Crippen LogP contribution in [0.2, 0.25) is 5.02 Å². The highest BCUT2D eigenvalue weighted by Crippen LogP contribution is 2.19. The molecule has 0 aliphatic rings. The van der Waals surface area contributed by atoms with E-state index in [2.05, 4.69) is 20.4 Å². The Morgan fingerprint density at radius 2 is 2.21 bits per heavy atom. The number of pyridine rings is 1. The fourth-order valence-corrected chi connectivity index (χ4v) is 2.17. The Kier molecular flexibility index (Phi) is 4.81. The zero-order chi connectivity index (χ0) is 16.9.